The van der Waals surface area contributed by atoms with Gasteiger partial charge < -0.3 is 10.1 Å². The third-order valence-electron chi connectivity index (χ3n) is 5.02. The van der Waals surface area contributed by atoms with Gasteiger partial charge in [0.2, 0.25) is 0 Å². The van der Waals surface area contributed by atoms with Gasteiger partial charge in [-0.15, -0.1) is 0 Å². The molecule has 0 spiro atoms. The highest BCUT2D eigenvalue weighted by Crippen LogP contribution is 2.44. The van der Waals surface area contributed by atoms with Crippen molar-refractivity contribution in [3.8, 4) is 5.69 Å². The van der Waals surface area contributed by atoms with Gasteiger partial charge in [-0.25, -0.2) is 14.2 Å². The molecule has 0 saturated carbocycles. The molecule has 1 atom stereocenters. The van der Waals surface area contributed by atoms with Crippen molar-refractivity contribution in [2.24, 2.45) is 0 Å². The lowest BCUT2D eigenvalue weighted by atomic mass is 9.82. The van der Waals surface area contributed by atoms with E-state index in [1.807, 2.05) is 60.7 Å². The number of para-hydroxylation sites is 1. The highest BCUT2D eigenvalue weighted by atomic mass is 35.5. The molecule has 0 radical (unpaired) electrons. The maximum Gasteiger partial charge on any atom is 0.355 e. The normalized spacial score (nSPS) is 15.4. The summed E-state index contributed by atoms with van der Waals surface area (Å²) in [4.78, 5) is 29.7. The number of hydrogen-bond acceptors (Lipinski definition) is 5. The van der Waals surface area contributed by atoms with Crippen molar-refractivity contribution in [3.63, 3.8) is 0 Å². The first-order valence-electron chi connectivity index (χ1n) is 9.60. The SMILES string of the molecule is CCOC(=O)C1=C(C)Nc2c(c(Cl)nc(=O)n2-c2ccccc2)C1c1ccccc1. The molecular formula is C23H20ClN3O3. The maximum atomic E-state index is 12.9. The number of carbonyl (C=O) groups excluding carboxylic acids is 1. The summed E-state index contributed by atoms with van der Waals surface area (Å²) in [5.41, 5.74) is 2.59. The molecule has 4 rings (SSSR count). The zero-order valence-corrected chi connectivity index (χ0v) is 17.3. The number of ether oxygens (including phenoxy) is 1. The first-order valence-corrected chi connectivity index (χ1v) is 9.98. The van der Waals surface area contributed by atoms with Crippen LogP contribution in [0.4, 0.5) is 5.82 Å². The average Bonchev–Trinajstić information content (AvgIpc) is 2.74. The van der Waals surface area contributed by atoms with E-state index in [4.69, 9.17) is 16.3 Å². The number of halogens is 1. The molecule has 7 heteroatoms. The monoisotopic (exact) mass is 421 g/mol. The van der Waals surface area contributed by atoms with Crippen LogP contribution in [0, 0.1) is 0 Å². The van der Waals surface area contributed by atoms with Gasteiger partial charge >= 0.3 is 11.7 Å². The first-order chi connectivity index (χ1) is 14.5. The molecule has 0 bridgehead atoms. The minimum atomic E-state index is -0.530. The second kappa shape index (κ2) is 8.16. The number of nitrogens with zero attached hydrogens (tertiary/aromatic N) is 2. The van der Waals surface area contributed by atoms with Gasteiger partial charge in [-0.3, -0.25) is 0 Å². The van der Waals surface area contributed by atoms with Crippen LogP contribution >= 0.6 is 11.6 Å². The van der Waals surface area contributed by atoms with Crippen LogP contribution in [0.5, 0.6) is 0 Å². The van der Waals surface area contributed by atoms with Crippen LogP contribution in [0.3, 0.4) is 0 Å². The summed E-state index contributed by atoms with van der Waals surface area (Å²) in [6.45, 7) is 3.80. The number of benzene rings is 2. The van der Waals surface area contributed by atoms with Crippen molar-refractivity contribution in [1.29, 1.82) is 0 Å². The van der Waals surface area contributed by atoms with E-state index in [0.717, 1.165) is 5.56 Å². The van der Waals surface area contributed by atoms with Gasteiger partial charge in [0.1, 0.15) is 11.0 Å². The fourth-order valence-corrected chi connectivity index (χ4v) is 4.04. The number of aromatic nitrogens is 2. The molecular weight excluding hydrogens is 402 g/mol. The Kier molecular flexibility index (Phi) is 5.42. The Balaban J connectivity index is 2.04. The number of carbonyl (C=O) groups is 1. The van der Waals surface area contributed by atoms with Gasteiger partial charge in [0.15, 0.2) is 0 Å². The van der Waals surface area contributed by atoms with E-state index in [0.29, 0.717) is 28.3 Å². The third-order valence-corrected chi connectivity index (χ3v) is 5.30. The van der Waals surface area contributed by atoms with E-state index in [-0.39, 0.29) is 11.8 Å². The number of nitrogens with one attached hydrogen (secondary N) is 1. The van der Waals surface area contributed by atoms with E-state index in [1.54, 1.807) is 13.8 Å². The van der Waals surface area contributed by atoms with Crippen LogP contribution in [0.2, 0.25) is 5.15 Å². The summed E-state index contributed by atoms with van der Waals surface area (Å²) >= 11 is 6.51. The van der Waals surface area contributed by atoms with Gasteiger partial charge in [-0.1, -0.05) is 60.1 Å². The molecule has 0 fully saturated rings. The fraction of sp³-hybridized carbons (Fsp3) is 0.174. The van der Waals surface area contributed by atoms with Crippen LogP contribution in [0.15, 0.2) is 76.7 Å². The zero-order valence-electron chi connectivity index (χ0n) is 16.6. The molecule has 1 aliphatic rings. The maximum absolute atomic E-state index is 12.9. The highest BCUT2D eigenvalue weighted by molar-refractivity contribution is 6.30. The summed E-state index contributed by atoms with van der Waals surface area (Å²) in [7, 11) is 0. The zero-order chi connectivity index (χ0) is 21.3. The Morgan fingerprint density at radius 1 is 1.13 bits per heavy atom. The van der Waals surface area contributed by atoms with Crippen molar-refractivity contribution in [3.05, 3.63) is 98.7 Å². The fourth-order valence-electron chi connectivity index (χ4n) is 3.77. The van der Waals surface area contributed by atoms with Crippen LogP contribution < -0.4 is 11.0 Å². The van der Waals surface area contributed by atoms with Crippen LogP contribution in [0.25, 0.3) is 5.69 Å². The molecule has 0 saturated heterocycles. The lowest BCUT2D eigenvalue weighted by Gasteiger charge is -2.31. The van der Waals surface area contributed by atoms with Crippen LogP contribution in [-0.2, 0) is 9.53 Å². The third kappa shape index (κ3) is 3.39. The largest absolute Gasteiger partial charge is 0.463 e. The Hall–Kier alpha value is -3.38. The lowest BCUT2D eigenvalue weighted by Crippen LogP contribution is -2.32. The molecule has 30 heavy (non-hydrogen) atoms. The summed E-state index contributed by atoms with van der Waals surface area (Å²) in [5.74, 6) is -0.474. The molecule has 1 aromatic heterocycles. The standard InChI is InChI=1S/C23H20ClN3O3/c1-3-30-22(28)17-14(2)25-21-19(18(17)15-10-6-4-7-11-15)20(24)26-23(29)27(21)16-12-8-5-9-13-16/h4-13,18,25H,3H2,1-2H3. The number of anilines is 1. The number of allylic oxidation sites excluding steroid dienone is 1. The van der Waals surface area contributed by atoms with Crippen molar-refractivity contribution < 1.29 is 9.53 Å². The number of fused-ring (bicyclic) bond motifs is 1. The van der Waals surface area contributed by atoms with Gasteiger partial charge in [-0.2, -0.15) is 4.98 Å². The second-order valence-electron chi connectivity index (χ2n) is 6.85. The van der Waals surface area contributed by atoms with E-state index >= 15 is 0 Å². The van der Waals surface area contributed by atoms with Crippen molar-refractivity contribution in [2.45, 2.75) is 19.8 Å². The van der Waals surface area contributed by atoms with Gasteiger partial charge in [-0.05, 0) is 31.5 Å². The van der Waals surface area contributed by atoms with E-state index in [2.05, 4.69) is 10.3 Å². The Morgan fingerprint density at radius 2 is 1.77 bits per heavy atom. The van der Waals surface area contributed by atoms with E-state index < -0.39 is 17.6 Å². The lowest BCUT2D eigenvalue weighted by molar-refractivity contribution is -0.138. The van der Waals surface area contributed by atoms with E-state index in [9.17, 15) is 9.59 Å². The van der Waals surface area contributed by atoms with Crippen molar-refractivity contribution >= 4 is 23.4 Å². The number of hydrogen-bond donors (Lipinski definition) is 1. The molecule has 152 valence electrons. The molecule has 0 amide bonds. The topological polar surface area (TPSA) is 73.2 Å². The molecule has 2 aromatic carbocycles. The summed E-state index contributed by atoms with van der Waals surface area (Å²) in [6.07, 6.45) is 0. The van der Waals surface area contributed by atoms with Crippen LogP contribution in [0.1, 0.15) is 30.9 Å². The number of esters is 1. The molecule has 1 N–H and O–H groups in total. The van der Waals surface area contributed by atoms with Crippen molar-refractivity contribution in [1.82, 2.24) is 9.55 Å². The summed E-state index contributed by atoms with van der Waals surface area (Å²) in [5, 5.41) is 3.27. The smallest absolute Gasteiger partial charge is 0.355 e. The quantitative estimate of drug-likeness (QED) is 0.502. The molecule has 1 unspecified atom stereocenters. The predicted molar refractivity (Wildman–Crippen MR) is 116 cm³/mol. The molecule has 3 aromatic rings. The number of rotatable bonds is 4. The molecule has 1 aliphatic heterocycles. The highest BCUT2D eigenvalue weighted by Gasteiger charge is 2.37. The van der Waals surface area contributed by atoms with Crippen LogP contribution in [-0.4, -0.2) is 22.1 Å². The minimum Gasteiger partial charge on any atom is -0.463 e. The Morgan fingerprint density at radius 3 is 2.40 bits per heavy atom. The Bertz CT molecular complexity index is 1190. The van der Waals surface area contributed by atoms with E-state index in [1.165, 1.54) is 4.57 Å². The van der Waals surface area contributed by atoms with Gasteiger partial charge in [0.25, 0.3) is 0 Å². The predicted octanol–water partition coefficient (Wildman–Crippen LogP) is 4.28. The van der Waals surface area contributed by atoms with Gasteiger partial charge in [0, 0.05) is 17.2 Å². The first kappa shape index (κ1) is 19.9. The summed E-state index contributed by atoms with van der Waals surface area (Å²) < 4.78 is 6.80. The average molecular weight is 422 g/mol. The summed E-state index contributed by atoms with van der Waals surface area (Å²) in [6, 6.07) is 18.7. The van der Waals surface area contributed by atoms with Crippen molar-refractivity contribution in [2.75, 3.05) is 11.9 Å². The molecule has 2 heterocycles. The molecule has 6 nitrogen and oxygen atoms in total. The Labute approximate surface area is 178 Å². The molecule has 0 aliphatic carbocycles. The minimum absolute atomic E-state index is 0.0535. The second-order valence-corrected chi connectivity index (χ2v) is 7.20. The van der Waals surface area contributed by atoms with Gasteiger partial charge in [0.05, 0.1) is 17.9 Å².